The van der Waals surface area contributed by atoms with Crippen molar-refractivity contribution in [3.05, 3.63) is 24.5 Å². The highest BCUT2D eigenvalue weighted by molar-refractivity contribution is 5.05. The molecule has 0 N–H and O–H groups in total. The summed E-state index contributed by atoms with van der Waals surface area (Å²) in [5, 5.41) is 0. The zero-order valence-corrected chi connectivity index (χ0v) is 10.2. The summed E-state index contributed by atoms with van der Waals surface area (Å²) < 4.78 is 10.1. The first-order chi connectivity index (χ1) is 6.83. The molecule has 1 aliphatic rings. The molecule has 1 saturated heterocycles. The molecule has 0 amide bonds. The van der Waals surface area contributed by atoms with Crippen LogP contribution in [0.1, 0.15) is 34.6 Å². The van der Waals surface area contributed by atoms with Gasteiger partial charge in [-0.05, 0) is 13.0 Å². The van der Waals surface area contributed by atoms with Crippen LogP contribution in [0.4, 0.5) is 0 Å². The van der Waals surface area contributed by atoms with Crippen LogP contribution in [0.2, 0.25) is 0 Å². The van der Waals surface area contributed by atoms with E-state index in [4.69, 9.17) is 9.47 Å². The summed E-state index contributed by atoms with van der Waals surface area (Å²) in [7, 11) is 0. The van der Waals surface area contributed by atoms with E-state index in [-0.39, 0.29) is 0 Å². The minimum atomic E-state index is 0.321. The number of hydrogen-bond donors (Lipinski definition) is 0. The van der Waals surface area contributed by atoms with Gasteiger partial charge in [-0.25, -0.2) is 0 Å². The molecule has 1 aliphatic heterocycles. The number of hydrogen-bond acceptors (Lipinski definition) is 2. The van der Waals surface area contributed by atoms with Crippen LogP contribution in [0.15, 0.2) is 24.5 Å². The van der Waals surface area contributed by atoms with Crippen LogP contribution >= 0.6 is 0 Å². The van der Waals surface area contributed by atoms with E-state index in [2.05, 4.69) is 6.58 Å². The van der Waals surface area contributed by atoms with Gasteiger partial charge in [0.15, 0.2) is 0 Å². The smallest absolute Gasteiger partial charge is 0.117 e. The Hall–Kier alpha value is -0.760. The molecule has 0 aliphatic carbocycles. The summed E-state index contributed by atoms with van der Waals surface area (Å²) in [5.41, 5.74) is 0. The lowest BCUT2D eigenvalue weighted by molar-refractivity contribution is 0.194. The van der Waals surface area contributed by atoms with E-state index in [1.165, 1.54) is 0 Å². The minimum absolute atomic E-state index is 0.321. The Balaban J connectivity index is 0. The third kappa shape index (κ3) is 11.2. The van der Waals surface area contributed by atoms with Gasteiger partial charge in [-0.15, -0.1) is 0 Å². The zero-order valence-electron chi connectivity index (χ0n) is 10.2. The second-order valence-corrected chi connectivity index (χ2v) is 2.23. The van der Waals surface area contributed by atoms with Crippen molar-refractivity contribution in [3.63, 3.8) is 0 Å². The van der Waals surface area contributed by atoms with Crippen molar-refractivity contribution in [1.29, 1.82) is 0 Å². The van der Waals surface area contributed by atoms with Gasteiger partial charge in [0.1, 0.15) is 18.5 Å². The second kappa shape index (κ2) is 12.2. The number of allylic oxidation sites excluding steroid dienone is 2. The lowest BCUT2D eigenvalue weighted by Crippen LogP contribution is -1.98. The topological polar surface area (TPSA) is 21.8 Å². The van der Waals surface area contributed by atoms with E-state index in [1.54, 1.807) is 0 Å². The first kappa shape index (κ1) is 15.7. The summed E-state index contributed by atoms with van der Waals surface area (Å²) >= 11 is 0. The molecule has 84 valence electrons. The molecule has 1 atom stereocenters. The summed E-state index contributed by atoms with van der Waals surface area (Å²) in [6.45, 7) is 15.1. The van der Waals surface area contributed by atoms with Crippen LogP contribution in [-0.4, -0.2) is 19.3 Å². The van der Waals surface area contributed by atoms with Gasteiger partial charge in [0.05, 0.1) is 6.61 Å². The Kier molecular flexibility index (Phi) is 13.7. The predicted molar refractivity (Wildman–Crippen MR) is 62.3 cm³/mol. The molecule has 2 heteroatoms. The molecule has 2 nitrogen and oxygen atoms in total. The van der Waals surface area contributed by atoms with Gasteiger partial charge >= 0.3 is 0 Å². The molecular weight excluding hydrogens is 176 g/mol. The van der Waals surface area contributed by atoms with Crippen molar-refractivity contribution in [1.82, 2.24) is 0 Å². The summed E-state index contributed by atoms with van der Waals surface area (Å²) in [6.07, 6.45) is 4.06. The van der Waals surface area contributed by atoms with Gasteiger partial charge in [-0.3, -0.25) is 0 Å². The third-order valence-electron chi connectivity index (χ3n) is 1.21. The zero-order chi connectivity index (χ0) is 11.4. The van der Waals surface area contributed by atoms with E-state index in [0.29, 0.717) is 18.5 Å². The van der Waals surface area contributed by atoms with Gasteiger partial charge in [0, 0.05) is 0 Å². The van der Waals surface area contributed by atoms with Crippen molar-refractivity contribution in [2.75, 3.05) is 13.2 Å². The Morgan fingerprint density at radius 3 is 2.29 bits per heavy atom. The Bertz CT molecular complexity index is 146. The maximum atomic E-state index is 5.20. The quantitative estimate of drug-likeness (QED) is 0.393. The predicted octanol–water partition coefficient (Wildman–Crippen LogP) is 3.54. The van der Waals surface area contributed by atoms with Crippen molar-refractivity contribution >= 4 is 0 Å². The summed E-state index contributed by atoms with van der Waals surface area (Å²) in [4.78, 5) is 0. The molecule has 1 unspecified atom stereocenters. The lowest BCUT2D eigenvalue weighted by atomic mass is 10.4. The average Bonchev–Trinajstić information content (AvgIpc) is 3.05. The van der Waals surface area contributed by atoms with Crippen molar-refractivity contribution in [2.45, 2.75) is 40.7 Å². The molecule has 0 spiro atoms. The fourth-order valence-corrected chi connectivity index (χ4v) is 0.598. The molecule has 14 heavy (non-hydrogen) atoms. The number of ether oxygens (including phenoxy) is 2. The Morgan fingerprint density at radius 2 is 1.93 bits per heavy atom. The van der Waals surface area contributed by atoms with E-state index < -0.39 is 0 Å². The van der Waals surface area contributed by atoms with Gasteiger partial charge in [0.25, 0.3) is 0 Å². The fraction of sp³-hybridized carbons (Fsp3) is 0.667. The summed E-state index contributed by atoms with van der Waals surface area (Å²) in [6, 6.07) is 0. The first-order valence-corrected chi connectivity index (χ1v) is 5.39. The van der Waals surface area contributed by atoms with Crippen LogP contribution in [0, 0.1) is 0 Å². The molecule has 0 radical (unpaired) electrons. The van der Waals surface area contributed by atoms with E-state index in [0.717, 1.165) is 6.61 Å². The molecule has 0 bridgehead atoms. The molecule has 1 fully saturated rings. The number of rotatable bonds is 4. The molecule has 0 aromatic heterocycles. The first-order valence-electron chi connectivity index (χ1n) is 5.39. The third-order valence-corrected chi connectivity index (χ3v) is 1.21. The van der Waals surface area contributed by atoms with Gasteiger partial charge in [-0.2, -0.15) is 0 Å². The van der Waals surface area contributed by atoms with E-state index in [1.807, 2.05) is 46.8 Å². The van der Waals surface area contributed by atoms with Gasteiger partial charge in [0.2, 0.25) is 0 Å². The second-order valence-electron chi connectivity index (χ2n) is 2.23. The fourth-order valence-electron chi connectivity index (χ4n) is 0.598. The maximum Gasteiger partial charge on any atom is 0.117 e. The van der Waals surface area contributed by atoms with Crippen molar-refractivity contribution in [2.24, 2.45) is 0 Å². The lowest BCUT2D eigenvalue weighted by Gasteiger charge is -2.00. The summed E-state index contributed by atoms with van der Waals surface area (Å²) in [5.74, 6) is 0.706. The van der Waals surface area contributed by atoms with Crippen molar-refractivity contribution < 1.29 is 9.47 Å². The molecular formula is C12H24O2. The Labute approximate surface area is 88.6 Å². The van der Waals surface area contributed by atoms with E-state index in [9.17, 15) is 0 Å². The van der Waals surface area contributed by atoms with Crippen LogP contribution < -0.4 is 0 Å². The highest BCUT2D eigenvalue weighted by Crippen LogP contribution is 2.10. The standard InChI is InChI=1S/C8H12O2.2C2H6/c1-3-4-7(2)9-5-8-6-10-8;2*1-2/h3-4,8H,2,5-6H2,1H3;2*1-2H3/b4-3-;;. The monoisotopic (exact) mass is 200 g/mol. The SMILES string of the molecule is C=C(/C=C\C)OCC1CO1.CC.CC. The molecule has 1 heterocycles. The van der Waals surface area contributed by atoms with Gasteiger partial charge in [-0.1, -0.05) is 40.3 Å². The minimum Gasteiger partial charge on any atom is -0.491 e. The average molecular weight is 200 g/mol. The molecule has 0 aromatic carbocycles. The Morgan fingerprint density at radius 1 is 1.43 bits per heavy atom. The van der Waals surface area contributed by atoms with Crippen LogP contribution in [0.3, 0.4) is 0 Å². The van der Waals surface area contributed by atoms with E-state index >= 15 is 0 Å². The van der Waals surface area contributed by atoms with Crippen molar-refractivity contribution in [3.8, 4) is 0 Å². The molecule has 1 rings (SSSR count). The van der Waals surface area contributed by atoms with Gasteiger partial charge < -0.3 is 9.47 Å². The number of epoxide rings is 1. The maximum absolute atomic E-state index is 5.20. The molecule has 0 saturated carbocycles. The molecule has 0 aromatic rings. The normalized spacial score (nSPS) is 17.4. The highest BCUT2D eigenvalue weighted by Gasteiger charge is 2.22. The van der Waals surface area contributed by atoms with Crippen LogP contribution in [0.25, 0.3) is 0 Å². The highest BCUT2D eigenvalue weighted by atomic mass is 16.6. The van der Waals surface area contributed by atoms with Crippen LogP contribution in [0.5, 0.6) is 0 Å². The van der Waals surface area contributed by atoms with Crippen LogP contribution in [-0.2, 0) is 9.47 Å². The largest absolute Gasteiger partial charge is 0.491 e.